The number of nitrogens with zero attached hydrogens (tertiary/aromatic N) is 1. The van der Waals surface area contributed by atoms with E-state index in [0.29, 0.717) is 30.2 Å². The number of hydrogen-bond acceptors (Lipinski definition) is 2. The van der Waals surface area contributed by atoms with E-state index < -0.39 is 0 Å². The van der Waals surface area contributed by atoms with Crippen molar-refractivity contribution in [3.8, 4) is 0 Å². The topological polar surface area (TPSA) is 40.5 Å². The number of piperidine rings is 1. The summed E-state index contributed by atoms with van der Waals surface area (Å²) in [6.07, 6.45) is 1.71. The van der Waals surface area contributed by atoms with Gasteiger partial charge in [-0.1, -0.05) is 6.92 Å². The predicted octanol–water partition coefficient (Wildman–Crippen LogP) is 0.482. The summed E-state index contributed by atoms with van der Waals surface area (Å²) in [6, 6.07) is 0.297. The number of rotatable bonds is 1. The molecule has 3 nitrogen and oxygen atoms in total. The van der Waals surface area contributed by atoms with E-state index in [0.717, 1.165) is 6.42 Å². The second kappa shape index (κ2) is 2.98. The van der Waals surface area contributed by atoms with Crippen LogP contribution < -0.4 is 0 Å². The number of fused-ring (bicyclic) bond motifs is 2. The molecule has 3 heteroatoms. The fourth-order valence-corrected chi connectivity index (χ4v) is 3.02. The molecule has 2 aliphatic rings. The first-order valence-electron chi connectivity index (χ1n) is 5.01. The highest BCUT2D eigenvalue weighted by atomic mass is 16.3. The molecule has 0 aromatic rings. The predicted molar refractivity (Wildman–Crippen MR) is 49.0 cm³/mol. The van der Waals surface area contributed by atoms with Crippen LogP contribution in [0.4, 0.5) is 0 Å². The first-order chi connectivity index (χ1) is 6.15. The molecule has 2 rings (SSSR count). The molecule has 1 unspecified atom stereocenters. The SMILES string of the molecule is C[C@@H]1C[C@@H]2C(CO)[C@H]1CC(=O)N2C. The molecule has 0 radical (unpaired) electrons. The van der Waals surface area contributed by atoms with Crippen LogP contribution in [0.15, 0.2) is 0 Å². The van der Waals surface area contributed by atoms with E-state index in [4.69, 9.17) is 0 Å². The van der Waals surface area contributed by atoms with E-state index in [9.17, 15) is 9.90 Å². The summed E-state index contributed by atoms with van der Waals surface area (Å²) in [4.78, 5) is 13.3. The molecular formula is C10H17NO2. The lowest BCUT2D eigenvalue weighted by Crippen LogP contribution is -2.46. The van der Waals surface area contributed by atoms with Crippen molar-refractivity contribution in [2.45, 2.75) is 25.8 Å². The van der Waals surface area contributed by atoms with Crippen molar-refractivity contribution in [2.24, 2.45) is 17.8 Å². The average Bonchev–Trinajstić information content (AvgIpc) is 2.36. The van der Waals surface area contributed by atoms with Crippen LogP contribution in [-0.4, -0.2) is 35.6 Å². The molecule has 1 saturated carbocycles. The Morgan fingerprint density at radius 1 is 1.62 bits per heavy atom. The highest BCUT2D eigenvalue weighted by Gasteiger charge is 2.48. The van der Waals surface area contributed by atoms with Gasteiger partial charge in [0, 0.05) is 32.0 Å². The van der Waals surface area contributed by atoms with Crippen molar-refractivity contribution in [1.82, 2.24) is 4.90 Å². The van der Waals surface area contributed by atoms with Crippen molar-refractivity contribution in [2.75, 3.05) is 13.7 Å². The summed E-state index contributed by atoms with van der Waals surface area (Å²) in [5.41, 5.74) is 0. The summed E-state index contributed by atoms with van der Waals surface area (Å²) < 4.78 is 0. The van der Waals surface area contributed by atoms with Crippen molar-refractivity contribution in [1.29, 1.82) is 0 Å². The van der Waals surface area contributed by atoms with Crippen LogP contribution in [0.3, 0.4) is 0 Å². The monoisotopic (exact) mass is 183 g/mol. The number of likely N-dealkylation sites (tertiary alicyclic amines) is 1. The molecule has 2 fully saturated rings. The molecule has 1 saturated heterocycles. The lowest BCUT2D eigenvalue weighted by molar-refractivity contribution is -0.138. The first-order valence-corrected chi connectivity index (χ1v) is 5.01. The van der Waals surface area contributed by atoms with Crippen molar-refractivity contribution < 1.29 is 9.90 Å². The molecule has 1 N–H and O–H groups in total. The Hall–Kier alpha value is -0.570. The maximum absolute atomic E-state index is 11.5. The maximum atomic E-state index is 11.5. The third kappa shape index (κ3) is 1.17. The van der Waals surface area contributed by atoms with E-state index in [-0.39, 0.29) is 12.5 Å². The van der Waals surface area contributed by atoms with E-state index >= 15 is 0 Å². The quantitative estimate of drug-likeness (QED) is 0.642. The highest BCUT2D eigenvalue weighted by molar-refractivity contribution is 5.78. The van der Waals surface area contributed by atoms with Crippen LogP contribution in [0.1, 0.15) is 19.8 Å². The zero-order valence-electron chi connectivity index (χ0n) is 8.23. The molecule has 0 aromatic carbocycles. The second-order valence-electron chi connectivity index (χ2n) is 4.50. The number of carbonyl (C=O) groups excluding carboxylic acids is 1. The van der Waals surface area contributed by atoms with Crippen molar-refractivity contribution in [3.05, 3.63) is 0 Å². The van der Waals surface area contributed by atoms with E-state index in [2.05, 4.69) is 6.92 Å². The molecule has 1 amide bonds. The van der Waals surface area contributed by atoms with Crippen LogP contribution >= 0.6 is 0 Å². The largest absolute Gasteiger partial charge is 0.396 e. The van der Waals surface area contributed by atoms with Gasteiger partial charge in [0.1, 0.15) is 0 Å². The average molecular weight is 183 g/mol. The van der Waals surface area contributed by atoms with Gasteiger partial charge in [0.25, 0.3) is 0 Å². The smallest absolute Gasteiger partial charge is 0.222 e. The standard InChI is InChI=1S/C10H17NO2/c1-6-3-9-8(5-12)7(6)4-10(13)11(9)2/h6-9,12H,3-5H2,1-2H3/t6-,7+,8?,9-/m1/s1. The van der Waals surface area contributed by atoms with Crippen LogP contribution in [-0.2, 0) is 4.79 Å². The zero-order chi connectivity index (χ0) is 9.59. The number of amides is 1. The Bertz CT molecular complexity index is 229. The normalized spacial score (nSPS) is 44.2. The number of carbonyl (C=O) groups is 1. The zero-order valence-corrected chi connectivity index (χ0v) is 8.23. The Morgan fingerprint density at radius 3 is 2.92 bits per heavy atom. The molecule has 2 bridgehead atoms. The summed E-state index contributed by atoms with van der Waals surface area (Å²) in [7, 11) is 1.86. The molecule has 0 aromatic heterocycles. The molecule has 13 heavy (non-hydrogen) atoms. The first kappa shape index (κ1) is 9.00. The second-order valence-corrected chi connectivity index (χ2v) is 4.50. The van der Waals surface area contributed by atoms with Gasteiger partial charge in [0.05, 0.1) is 0 Å². The summed E-state index contributed by atoms with van der Waals surface area (Å²) in [5, 5.41) is 9.26. The van der Waals surface area contributed by atoms with Gasteiger partial charge in [-0.25, -0.2) is 0 Å². The minimum Gasteiger partial charge on any atom is -0.396 e. The Labute approximate surface area is 78.7 Å². The summed E-state index contributed by atoms with van der Waals surface area (Å²) in [5.74, 6) is 1.61. The molecule has 1 heterocycles. The number of hydrogen-bond donors (Lipinski definition) is 1. The van der Waals surface area contributed by atoms with Crippen molar-refractivity contribution in [3.63, 3.8) is 0 Å². The highest BCUT2D eigenvalue weighted by Crippen LogP contribution is 2.44. The molecular weight excluding hydrogens is 166 g/mol. The number of aliphatic hydroxyl groups is 1. The molecule has 1 aliphatic carbocycles. The van der Waals surface area contributed by atoms with Gasteiger partial charge in [-0.2, -0.15) is 0 Å². The lowest BCUT2D eigenvalue weighted by Gasteiger charge is -2.36. The van der Waals surface area contributed by atoms with Gasteiger partial charge in [0.2, 0.25) is 5.91 Å². The van der Waals surface area contributed by atoms with Gasteiger partial charge in [0.15, 0.2) is 0 Å². The van der Waals surface area contributed by atoms with Crippen LogP contribution in [0, 0.1) is 17.8 Å². The summed E-state index contributed by atoms with van der Waals surface area (Å²) >= 11 is 0. The lowest BCUT2D eigenvalue weighted by atomic mass is 9.84. The Balaban J connectivity index is 2.24. The van der Waals surface area contributed by atoms with E-state index in [1.54, 1.807) is 0 Å². The molecule has 4 atom stereocenters. The molecule has 1 aliphatic heterocycles. The number of aliphatic hydroxyl groups excluding tert-OH is 1. The van der Waals surface area contributed by atoms with Gasteiger partial charge < -0.3 is 10.0 Å². The van der Waals surface area contributed by atoms with Crippen LogP contribution in [0.5, 0.6) is 0 Å². The third-order valence-corrected chi connectivity index (χ3v) is 3.90. The summed E-state index contributed by atoms with van der Waals surface area (Å²) in [6.45, 7) is 2.43. The molecule has 0 spiro atoms. The maximum Gasteiger partial charge on any atom is 0.222 e. The van der Waals surface area contributed by atoms with Crippen LogP contribution in [0.25, 0.3) is 0 Å². The molecule has 74 valence electrons. The fraction of sp³-hybridized carbons (Fsp3) is 0.900. The Kier molecular flexibility index (Phi) is 2.06. The van der Waals surface area contributed by atoms with Crippen molar-refractivity contribution >= 4 is 5.91 Å². The van der Waals surface area contributed by atoms with Gasteiger partial charge in [-0.15, -0.1) is 0 Å². The van der Waals surface area contributed by atoms with Gasteiger partial charge >= 0.3 is 0 Å². The van der Waals surface area contributed by atoms with E-state index in [1.807, 2.05) is 11.9 Å². The fourth-order valence-electron chi connectivity index (χ4n) is 3.02. The minimum atomic E-state index is 0.233. The minimum absolute atomic E-state index is 0.233. The van der Waals surface area contributed by atoms with Crippen LogP contribution in [0.2, 0.25) is 0 Å². The third-order valence-electron chi connectivity index (χ3n) is 3.90. The van der Waals surface area contributed by atoms with Gasteiger partial charge in [-0.3, -0.25) is 4.79 Å². The van der Waals surface area contributed by atoms with Gasteiger partial charge in [-0.05, 0) is 18.3 Å². The van der Waals surface area contributed by atoms with E-state index in [1.165, 1.54) is 0 Å². The Morgan fingerprint density at radius 2 is 2.31 bits per heavy atom.